The van der Waals surface area contributed by atoms with E-state index >= 15 is 0 Å². The molecule has 134 valence electrons. The predicted octanol–water partition coefficient (Wildman–Crippen LogP) is 5.28. The molecule has 0 amide bonds. The molecule has 1 saturated carbocycles. The molecule has 0 aliphatic heterocycles. The fourth-order valence-corrected chi connectivity index (χ4v) is 4.36. The third-order valence-corrected chi connectivity index (χ3v) is 5.73. The highest BCUT2D eigenvalue weighted by Gasteiger charge is 2.17. The van der Waals surface area contributed by atoms with Gasteiger partial charge >= 0.3 is 5.97 Å². The minimum Gasteiger partial charge on any atom is -0.428 e. The summed E-state index contributed by atoms with van der Waals surface area (Å²) >= 11 is 1.41. The van der Waals surface area contributed by atoms with Crippen molar-refractivity contribution in [2.24, 2.45) is 0 Å². The number of rotatable bonds is 4. The molecule has 0 radical (unpaired) electrons. The highest BCUT2D eigenvalue weighted by molar-refractivity contribution is 7.20. The van der Waals surface area contributed by atoms with Crippen molar-refractivity contribution >= 4 is 44.2 Å². The number of carbonyl (C=O) groups is 1. The zero-order valence-corrected chi connectivity index (χ0v) is 15.6. The Morgan fingerprint density at radius 1 is 1.31 bits per heavy atom. The predicted molar refractivity (Wildman–Crippen MR) is 106 cm³/mol. The number of nitrogens with zero attached hydrogens (tertiary/aromatic N) is 2. The molecular weight excluding hydrogens is 346 g/mol. The first-order valence-electron chi connectivity index (χ1n) is 8.94. The molecule has 3 aromatic rings. The molecule has 0 saturated heterocycles. The Morgan fingerprint density at radius 3 is 2.88 bits per heavy atom. The average molecular weight is 367 g/mol. The number of esters is 1. The van der Waals surface area contributed by atoms with Gasteiger partial charge in [0, 0.05) is 27.7 Å². The number of hydrogen-bond acceptors (Lipinski definition) is 6. The zero-order valence-electron chi connectivity index (χ0n) is 14.7. The number of anilines is 1. The molecule has 1 aromatic carbocycles. The molecular formula is C20H21N3O2S. The van der Waals surface area contributed by atoms with Gasteiger partial charge in [0.15, 0.2) is 0 Å². The van der Waals surface area contributed by atoms with Crippen molar-refractivity contribution in [2.45, 2.75) is 45.1 Å². The Kier molecular flexibility index (Phi) is 4.59. The summed E-state index contributed by atoms with van der Waals surface area (Å²) in [6.45, 7) is 5.29. The van der Waals surface area contributed by atoms with E-state index in [4.69, 9.17) is 9.72 Å². The molecule has 4 rings (SSSR count). The van der Waals surface area contributed by atoms with Crippen molar-refractivity contribution < 1.29 is 9.53 Å². The highest BCUT2D eigenvalue weighted by Crippen LogP contribution is 2.32. The molecule has 1 N–H and O–H groups in total. The van der Waals surface area contributed by atoms with Crippen LogP contribution in [0.2, 0.25) is 0 Å². The van der Waals surface area contributed by atoms with Crippen molar-refractivity contribution in [3.63, 3.8) is 0 Å². The average Bonchev–Trinajstić information content (AvgIpc) is 3.07. The molecule has 0 spiro atoms. The molecule has 1 aliphatic carbocycles. The largest absolute Gasteiger partial charge is 0.428 e. The topological polar surface area (TPSA) is 64.1 Å². The normalized spacial score (nSPS) is 15.3. The van der Waals surface area contributed by atoms with Crippen LogP contribution in [0.5, 0.6) is 0 Å². The number of thiophene rings is 1. The molecule has 26 heavy (non-hydrogen) atoms. The quantitative estimate of drug-likeness (QED) is 0.502. The minimum atomic E-state index is -0.374. The van der Waals surface area contributed by atoms with Gasteiger partial charge in [-0.3, -0.25) is 0 Å². The van der Waals surface area contributed by atoms with Crippen LogP contribution in [0.3, 0.4) is 0 Å². The van der Waals surface area contributed by atoms with E-state index in [1.54, 1.807) is 6.92 Å². The first kappa shape index (κ1) is 17.0. The second-order valence-corrected chi connectivity index (χ2v) is 7.87. The van der Waals surface area contributed by atoms with E-state index in [2.05, 4.69) is 16.9 Å². The minimum absolute atomic E-state index is 0.374. The van der Waals surface area contributed by atoms with Gasteiger partial charge in [0.1, 0.15) is 4.88 Å². The Morgan fingerprint density at radius 2 is 2.12 bits per heavy atom. The van der Waals surface area contributed by atoms with E-state index in [1.165, 1.54) is 43.4 Å². The molecule has 2 heterocycles. The summed E-state index contributed by atoms with van der Waals surface area (Å²) in [5.74, 6) is 0.675. The van der Waals surface area contributed by atoms with Crippen molar-refractivity contribution in [3.05, 3.63) is 41.6 Å². The molecule has 1 fully saturated rings. The second-order valence-electron chi connectivity index (χ2n) is 6.79. The first-order chi connectivity index (χ1) is 12.6. The van der Waals surface area contributed by atoms with E-state index in [0.29, 0.717) is 22.6 Å². The number of benzene rings is 1. The standard InChI is InChI=1S/C20H21N3O2S/c1-12(2)25-19(24)17-10-15-16(26-17)9-8-13-11-21-20(23-18(13)15)22-14-6-4-3-5-7-14/h8-11,14H,1,3-7H2,2H3,(H,21,22,23). The maximum absolute atomic E-state index is 12.2. The number of ether oxygens (including phenoxy) is 1. The third kappa shape index (κ3) is 3.42. The van der Waals surface area contributed by atoms with Crippen LogP contribution in [-0.2, 0) is 4.74 Å². The van der Waals surface area contributed by atoms with Crippen LogP contribution in [0.15, 0.2) is 36.7 Å². The van der Waals surface area contributed by atoms with E-state index in [-0.39, 0.29) is 5.97 Å². The van der Waals surface area contributed by atoms with Crippen molar-refractivity contribution in [1.82, 2.24) is 9.97 Å². The fourth-order valence-electron chi connectivity index (χ4n) is 3.42. The van der Waals surface area contributed by atoms with Gasteiger partial charge in [0.2, 0.25) is 5.95 Å². The SMILES string of the molecule is C=C(C)OC(=O)c1cc2c(ccc3cnc(NC4CCCCC4)nc32)s1. The lowest BCUT2D eigenvalue weighted by Gasteiger charge is -2.22. The van der Waals surface area contributed by atoms with Gasteiger partial charge in [-0.15, -0.1) is 11.3 Å². The lowest BCUT2D eigenvalue weighted by Crippen LogP contribution is -2.23. The van der Waals surface area contributed by atoms with Crippen LogP contribution in [0.25, 0.3) is 21.0 Å². The van der Waals surface area contributed by atoms with E-state index in [1.807, 2.05) is 24.4 Å². The van der Waals surface area contributed by atoms with E-state index in [9.17, 15) is 4.79 Å². The number of aromatic nitrogens is 2. The Balaban J connectivity index is 1.70. The van der Waals surface area contributed by atoms with E-state index < -0.39 is 0 Å². The van der Waals surface area contributed by atoms with Gasteiger partial charge < -0.3 is 10.1 Å². The van der Waals surface area contributed by atoms with Gasteiger partial charge in [0.05, 0.1) is 11.3 Å². The van der Waals surface area contributed by atoms with Gasteiger partial charge in [0.25, 0.3) is 0 Å². The molecule has 0 atom stereocenters. The van der Waals surface area contributed by atoms with Crippen LogP contribution in [0.1, 0.15) is 48.7 Å². The lowest BCUT2D eigenvalue weighted by atomic mass is 9.96. The number of hydrogen-bond donors (Lipinski definition) is 1. The molecule has 1 aliphatic rings. The lowest BCUT2D eigenvalue weighted by molar-refractivity contribution is 0.0633. The smallest absolute Gasteiger partial charge is 0.353 e. The maximum Gasteiger partial charge on any atom is 0.353 e. The summed E-state index contributed by atoms with van der Waals surface area (Å²) in [6.07, 6.45) is 8.01. The zero-order chi connectivity index (χ0) is 18.1. The first-order valence-corrected chi connectivity index (χ1v) is 9.75. The summed E-state index contributed by atoms with van der Waals surface area (Å²) in [5, 5.41) is 5.39. The van der Waals surface area contributed by atoms with Crippen LogP contribution in [0, 0.1) is 0 Å². The number of nitrogens with one attached hydrogen (secondary N) is 1. The third-order valence-electron chi connectivity index (χ3n) is 4.65. The van der Waals surface area contributed by atoms with Crippen molar-refractivity contribution in [2.75, 3.05) is 5.32 Å². The Hall–Kier alpha value is -2.47. The monoisotopic (exact) mass is 367 g/mol. The molecule has 6 heteroatoms. The molecule has 5 nitrogen and oxygen atoms in total. The Bertz CT molecular complexity index is 989. The van der Waals surface area contributed by atoms with Crippen molar-refractivity contribution in [3.8, 4) is 0 Å². The fraction of sp³-hybridized carbons (Fsp3) is 0.350. The summed E-state index contributed by atoms with van der Waals surface area (Å²) < 4.78 is 6.14. The number of fused-ring (bicyclic) bond motifs is 3. The summed E-state index contributed by atoms with van der Waals surface area (Å²) in [6, 6.07) is 6.29. The van der Waals surface area contributed by atoms with Crippen LogP contribution >= 0.6 is 11.3 Å². The highest BCUT2D eigenvalue weighted by atomic mass is 32.1. The maximum atomic E-state index is 12.2. The van der Waals surface area contributed by atoms with Crippen LogP contribution < -0.4 is 5.32 Å². The summed E-state index contributed by atoms with van der Waals surface area (Å²) in [5.41, 5.74) is 0.862. The summed E-state index contributed by atoms with van der Waals surface area (Å²) in [4.78, 5) is 21.9. The molecule has 0 unspecified atom stereocenters. The molecule has 0 bridgehead atoms. The second kappa shape index (κ2) is 7.03. The van der Waals surface area contributed by atoms with Gasteiger partial charge in [-0.05, 0) is 38.0 Å². The van der Waals surface area contributed by atoms with Crippen LogP contribution in [-0.4, -0.2) is 22.0 Å². The number of carbonyl (C=O) groups excluding carboxylic acids is 1. The van der Waals surface area contributed by atoms with E-state index in [0.717, 1.165) is 21.0 Å². The van der Waals surface area contributed by atoms with Gasteiger partial charge in [-0.1, -0.05) is 25.8 Å². The Labute approximate surface area is 156 Å². The number of allylic oxidation sites excluding steroid dienone is 1. The van der Waals surface area contributed by atoms with Gasteiger partial charge in [-0.25, -0.2) is 14.8 Å². The van der Waals surface area contributed by atoms with Crippen molar-refractivity contribution in [1.29, 1.82) is 0 Å². The van der Waals surface area contributed by atoms with Gasteiger partial charge in [-0.2, -0.15) is 0 Å². The summed E-state index contributed by atoms with van der Waals surface area (Å²) in [7, 11) is 0. The van der Waals surface area contributed by atoms with Crippen LogP contribution in [0.4, 0.5) is 5.95 Å². The molecule has 2 aromatic heterocycles.